The lowest BCUT2D eigenvalue weighted by Gasteiger charge is -2.33. The maximum Gasteiger partial charge on any atom is 0.254 e. The number of aromatic amines is 1. The average molecular weight is 491 g/mol. The summed E-state index contributed by atoms with van der Waals surface area (Å²) in [5.74, 6) is 0.0298. The minimum atomic E-state index is -3.37. The van der Waals surface area contributed by atoms with Crippen molar-refractivity contribution in [3.63, 3.8) is 0 Å². The van der Waals surface area contributed by atoms with Gasteiger partial charge in [0.25, 0.3) is 5.91 Å². The average Bonchev–Trinajstić information content (AvgIpc) is 3.24. The molecule has 0 atom stereocenters. The van der Waals surface area contributed by atoms with E-state index in [1.165, 1.54) is 0 Å². The van der Waals surface area contributed by atoms with E-state index in [0.717, 1.165) is 57.3 Å². The third-order valence-corrected chi connectivity index (χ3v) is 8.76. The van der Waals surface area contributed by atoms with Crippen LogP contribution < -0.4 is 0 Å². The number of rotatable bonds is 4. The molecule has 1 N–H and O–H groups in total. The van der Waals surface area contributed by atoms with Gasteiger partial charge in [-0.15, -0.1) is 0 Å². The van der Waals surface area contributed by atoms with Gasteiger partial charge < -0.3 is 14.8 Å². The minimum Gasteiger partial charge on any atom is -0.339 e. The monoisotopic (exact) mass is 490 g/mol. The Hall–Kier alpha value is -3.23. The Morgan fingerprint density at radius 1 is 1.09 bits per heavy atom. The zero-order valence-electron chi connectivity index (χ0n) is 20.6. The second kappa shape index (κ2) is 8.77. The number of aromatic nitrogens is 2. The molecule has 4 aromatic rings. The number of pyridine rings is 1. The molecular weight excluding hydrogens is 460 g/mol. The van der Waals surface area contributed by atoms with E-state index in [2.05, 4.69) is 28.0 Å². The SMILES string of the molecule is CCS(=O)(=O)c1cccc(-c2cc(C(=O)N3CCN(C)CC3)c(C)c3[nH]c4ncc(C)cc4c23)c1. The summed E-state index contributed by atoms with van der Waals surface area (Å²) in [5, 5.41) is 1.91. The van der Waals surface area contributed by atoms with Crippen LogP contribution >= 0.6 is 0 Å². The molecule has 35 heavy (non-hydrogen) atoms. The van der Waals surface area contributed by atoms with Crippen LogP contribution in [0.15, 0.2) is 47.5 Å². The van der Waals surface area contributed by atoms with E-state index in [-0.39, 0.29) is 16.6 Å². The highest BCUT2D eigenvalue weighted by Crippen LogP contribution is 2.38. The Bertz CT molecular complexity index is 1560. The summed E-state index contributed by atoms with van der Waals surface area (Å²) in [6.07, 6.45) is 1.82. The predicted octanol–water partition coefficient (Wildman–Crippen LogP) is 4.18. The molecule has 0 saturated carbocycles. The molecule has 0 spiro atoms. The van der Waals surface area contributed by atoms with E-state index in [1.807, 2.05) is 37.1 Å². The van der Waals surface area contributed by atoms with Gasteiger partial charge in [-0.3, -0.25) is 4.79 Å². The topological polar surface area (TPSA) is 86.4 Å². The highest BCUT2D eigenvalue weighted by atomic mass is 32.2. The number of nitrogens with zero attached hydrogens (tertiary/aromatic N) is 3. The fourth-order valence-electron chi connectivity index (χ4n) is 4.85. The highest BCUT2D eigenvalue weighted by molar-refractivity contribution is 7.91. The Labute approximate surface area is 205 Å². The molecule has 0 bridgehead atoms. The Morgan fingerprint density at radius 2 is 1.83 bits per heavy atom. The van der Waals surface area contributed by atoms with Crippen LogP contribution in [0.3, 0.4) is 0 Å². The Kier molecular flexibility index (Phi) is 5.89. The molecule has 1 saturated heterocycles. The zero-order chi connectivity index (χ0) is 24.9. The van der Waals surface area contributed by atoms with Gasteiger partial charge in [0.2, 0.25) is 0 Å². The maximum atomic E-state index is 13.7. The standard InChI is InChI=1S/C27H30N4O3S/c1-5-35(33,34)20-8-6-7-19(14-20)22-15-21(27(32)31-11-9-30(4)10-12-31)18(3)25-24(22)23-13-17(2)16-28-26(23)29-25/h6-8,13-16H,5,9-12H2,1-4H3,(H,28,29). The number of hydrogen-bond donors (Lipinski definition) is 1. The second-order valence-electron chi connectivity index (χ2n) is 9.41. The molecule has 0 aliphatic carbocycles. The van der Waals surface area contributed by atoms with Crippen LogP contribution in [0.25, 0.3) is 33.1 Å². The van der Waals surface area contributed by atoms with Crippen molar-refractivity contribution in [3.8, 4) is 11.1 Å². The molecule has 2 aromatic carbocycles. The van der Waals surface area contributed by atoms with Crippen molar-refractivity contribution < 1.29 is 13.2 Å². The second-order valence-corrected chi connectivity index (χ2v) is 11.7. The number of H-pyrrole nitrogens is 1. The number of carbonyl (C=O) groups excluding carboxylic acids is 1. The largest absolute Gasteiger partial charge is 0.339 e. The first-order chi connectivity index (χ1) is 16.7. The van der Waals surface area contributed by atoms with Gasteiger partial charge in [0.15, 0.2) is 9.84 Å². The van der Waals surface area contributed by atoms with Crippen molar-refractivity contribution in [3.05, 3.63) is 59.3 Å². The van der Waals surface area contributed by atoms with E-state index >= 15 is 0 Å². The van der Waals surface area contributed by atoms with Gasteiger partial charge in [0.05, 0.1) is 16.2 Å². The Morgan fingerprint density at radius 3 is 2.54 bits per heavy atom. The van der Waals surface area contributed by atoms with Crippen molar-refractivity contribution in [2.24, 2.45) is 0 Å². The van der Waals surface area contributed by atoms with Crippen LogP contribution in [0.2, 0.25) is 0 Å². The molecule has 182 valence electrons. The highest BCUT2D eigenvalue weighted by Gasteiger charge is 2.25. The summed E-state index contributed by atoms with van der Waals surface area (Å²) in [6, 6.07) is 11.0. The van der Waals surface area contributed by atoms with Crippen molar-refractivity contribution >= 4 is 37.7 Å². The van der Waals surface area contributed by atoms with Gasteiger partial charge in [-0.05, 0) is 67.4 Å². The van der Waals surface area contributed by atoms with Crippen molar-refractivity contribution in [2.75, 3.05) is 39.0 Å². The molecule has 2 aromatic heterocycles. The molecule has 5 rings (SSSR count). The number of fused-ring (bicyclic) bond motifs is 3. The molecule has 3 heterocycles. The molecular formula is C27H30N4O3S. The van der Waals surface area contributed by atoms with Crippen molar-refractivity contribution in [1.82, 2.24) is 19.8 Å². The van der Waals surface area contributed by atoms with E-state index in [4.69, 9.17) is 0 Å². The molecule has 0 radical (unpaired) electrons. The fourth-order valence-corrected chi connectivity index (χ4v) is 5.77. The van der Waals surface area contributed by atoms with Crippen LogP contribution in [0.1, 0.15) is 28.4 Å². The number of nitrogens with one attached hydrogen (secondary N) is 1. The van der Waals surface area contributed by atoms with E-state index in [1.54, 1.807) is 25.1 Å². The number of sulfone groups is 1. The number of amides is 1. The Balaban J connectivity index is 1.78. The van der Waals surface area contributed by atoms with Gasteiger partial charge in [-0.2, -0.15) is 0 Å². The van der Waals surface area contributed by atoms with Crippen molar-refractivity contribution in [2.45, 2.75) is 25.7 Å². The molecule has 1 aliphatic rings. The number of aryl methyl sites for hydroxylation is 2. The summed E-state index contributed by atoms with van der Waals surface area (Å²) >= 11 is 0. The number of piperazine rings is 1. The number of hydrogen-bond acceptors (Lipinski definition) is 5. The third-order valence-electron chi connectivity index (χ3n) is 7.03. The first kappa shape index (κ1) is 23.5. The van der Waals surface area contributed by atoms with E-state index in [0.29, 0.717) is 18.7 Å². The first-order valence-corrected chi connectivity index (χ1v) is 13.6. The number of benzene rings is 2. The summed E-state index contributed by atoms with van der Waals surface area (Å²) in [5.41, 5.74) is 5.73. The van der Waals surface area contributed by atoms with Gasteiger partial charge in [0.1, 0.15) is 5.65 Å². The molecule has 8 heteroatoms. The van der Waals surface area contributed by atoms with Gasteiger partial charge in [0, 0.05) is 48.7 Å². The molecule has 1 aliphatic heterocycles. The smallest absolute Gasteiger partial charge is 0.254 e. The van der Waals surface area contributed by atoms with Gasteiger partial charge in [-0.25, -0.2) is 13.4 Å². The molecule has 0 unspecified atom stereocenters. The number of likely N-dealkylation sites (N-methyl/N-ethyl adjacent to an activating group) is 1. The zero-order valence-corrected chi connectivity index (χ0v) is 21.4. The fraction of sp³-hybridized carbons (Fsp3) is 0.333. The normalized spacial score (nSPS) is 15.3. The lowest BCUT2D eigenvalue weighted by Crippen LogP contribution is -2.47. The quantitative estimate of drug-likeness (QED) is 0.464. The van der Waals surface area contributed by atoms with E-state index < -0.39 is 9.84 Å². The van der Waals surface area contributed by atoms with Crippen LogP contribution in [0.5, 0.6) is 0 Å². The van der Waals surface area contributed by atoms with E-state index in [9.17, 15) is 13.2 Å². The lowest BCUT2D eigenvalue weighted by atomic mass is 9.93. The summed E-state index contributed by atoms with van der Waals surface area (Å²) in [4.78, 5) is 26.1. The summed E-state index contributed by atoms with van der Waals surface area (Å²) in [6.45, 7) is 8.65. The summed E-state index contributed by atoms with van der Waals surface area (Å²) in [7, 11) is -1.31. The maximum absolute atomic E-state index is 13.7. The first-order valence-electron chi connectivity index (χ1n) is 11.9. The van der Waals surface area contributed by atoms with Gasteiger partial charge >= 0.3 is 0 Å². The number of carbonyl (C=O) groups is 1. The predicted molar refractivity (Wildman–Crippen MR) is 140 cm³/mol. The lowest BCUT2D eigenvalue weighted by molar-refractivity contribution is 0.0663. The third kappa shape index (κ3) is 4.10. The van der Waals surface area contributed by atoms with Crippen LogP contribution in [-0.4, -0.2) is 73.1 Å². The van der Waals surface area contributed by atoms with Gasteiger partial charge in [-0.1, -0.05) is 19.1 Å². The van der Waals surface area contributed by atoms with Crippen LogP contribution in [0, 0.1) is 13.8 Å². The molecule has 7 nitrogen and oxygen atoms in total. The molecule has 1 amide bonds. The minimum absolute atomic E-state index is 0.00104. The van der Waals surface area contributed by atoms with Crippen molar-refractivity contribution in [1.29, 1.82) is 0 Å². The van der Waals surface area contributed by atoms with Crippen LogP contribution in [-0.2, 0) is 9.84 Å². The molecule has 1 fully saturated rings. The summed E-state index contributed by atoms with van der Waals surface area (Å²) < 4.78 is 25.3. The van der Waals surface area contributed by atoms with Crippen LogP contribution in [0.4, 0.5) is 0 Å².